The fourth-order valence-corrected chi connectivity index (χ4v) is 11.7. The van der Waals surface area contributed by atoms with Gasteiger partial charge in [0.15, 0.2) is 44.0 Å². The second-order valence-electron chi connectivity index (χ2n) is 23.6. The molecule has 548 valence electrons. The van der Waals surface area contributed by atoms with Gasteiger partial charge in [0.05, 0.1) is 65.0 Å². The Balaban J connectivity index is 1.02. The van der Waals surface area contributed by atoms with E-state index in [1.165, 1.54) is 6.92 Å². The first kappa shape index (κ1) is 78.8. The molecule has 7 aliphatic rings. The van der Waals surface area contributed by atoms with E-state index in [-0.39, 0.29) is 0 Å². The van der Waals surface area contributed by atoms with E-state index in [0.717, 1.165) is 13.8 Å². The molecule has 7 heterocycles. The van der Waals surface area contributed by atoms with E-state index in [2.05, 4.69) is 10.6 Å². The smallest absolute Gasteiger partial charge is 0.217 e. The van der Waals surface area contributed by atoms with E-state index in [1.54, 1.807) is 0 Å². The van der Waals surface area contributed by atoms with Crippen molar-refractivity contribution in [3.05, 3.63) is 0 Å². The quantitative estimate of drug-likeness (QED) is 0.0363. The van der Waals surface area contributed by atoms with E-state index in [4.69, 9.17) is 66.3 Å². The molecule has 26 N–H and O–H groups in total. The van der Waals surface area contributed by atoms with Crippen LogP contribution in [0.4, 0.5) is 0 Å². The van der Waals surface area contributed by atoms with Crippen LogP contribution in [0.3, 0.4) is 0 Å². The average molecular weight is 1380 g/mol. The molecule has 42 nitrogen and oxygen atoms in total. The van der Waals surface area contributed by atoms with Crippen molar-refractivity contribution in [1.29, 1.82) is 0 Å². The van der Waals surface area contributed by atoms with Crippen LogP contribution in [0.15, 0.2) is 0 Å². The van der Waals surface area contributed by atoms with Gasteiger partial charge in [-0.1, -0.05) is 0 Å². The number of rotatable bonds is 27. The van der Waals surface area contributed by atoms with Crippen molar-refractivity contribution in [2.75, 3.05) is 52.9 Å². The zero-order valence-corrected chi connectivity index (χ0v) is 50.4. The Morgan fingerprint density at radius 2 is 0.755 bits per heavy atom. The standard InChI is InChI=1S/C52H90N2O40/c1-12-24(65)30(71)35(76)47(82-12)94-45-32(73)27(68)18(6-57)85-52(45)93-44-28(69)19(7-58)84-51(39(44)80)92-43-22(10-61)88-50(38(79)34(43)75)90-41-20(8-59)86-46(23(29(41)70)54-14(3)63)81-11-16(64)25(66)40(15(4-55)53-13(2)62)89-49-37(78)33(74)42(21(9-60)87-49)91-48-36(77)31(72)26(67)17(5-56)83-48/h12,15-52,55-61,64-80H,4-11H2,1-3H3,(H,53,62)(H,54,63)/t12-,15+,16-,17-,18-,19-,20-,21-,22-,23-,24+,25+,26+,27+,28+,29-,30+,31+,32+,33-,34-,35-,36-,37-,38-,39-,40-,41-,42+,43+,44+,45-,46-,47-,48-,49+,50+,51-,52-/m1/s1. The summed E-state index contributed by atoms with van der Waals surface area (Å²) in [6.07, 6.45) is -72.6. The normalized spacial score (nSPS) is 47.7. The molecule has 0 aromatic heterocycles. The van der Waals surface area contributed by atoms with Crippen LogP contribution in [0.25, 0.3) is 0 Å². The van der Waals surface area contributed by atoms with Gasteiger partial charge in [0.2, 0.25) is 11.8 Å². The van der Waals surface area contributed by atoms with Gasteiger partial charge >= 0.3 is 0 Å². The van der Waals surface area contributed by atoms with Gasteiger partial charge in [-0.15, -0.1) is 0 Å². The Hall–Kier alpha value is -2.58. The Morgan fingerprint density at radius 3 is 1.24 bits per heavy atom. The molecule has 7 aliphatic heterocycles. The summed E-state index contributed by atoms with van der Waals surface area (Å²) in [6.45, 7) is -5.09. The molecule has 0 aliphatic carbocycles. The van der Waals surface area contributed by atoms with Gasteiger partial charge in [0, 0.05) is 13.8 Å². The molecule has 0 aromatic rings. The highest BCUT2D eigenvalue weighted by molar-refractivity contribution is 5.73. The number of carbonyl (C=O) groups is 2. The van der Waals surface area contributed by atoms with Crippen molar-refractivity contribution in [1.82, 2.24) is 10.6 Å². The lowest BCUT2D eigenvalue weighted by Crippen LogP contribution is -2.69. The molecule has 0 aromatic carbocycles. The van der Waals surface area contributed by atoms with Gasteiger partial charge in [-0.3, -0.25) is 9.59 Å². The number of aliphatic hydroxyl groups is 24. The number of nitrogens with one attached hydrogen (secondary N) is 2. The number of amides is 2. The molecule has 7 rings (SSSR count). The molecule has 0 bridgehead atoms. The van der Waals surface area contributed by atoms with Crippen LogP contribution in [0.2, 0.25) is 0 Å². The van der Waals surface area contributed by atoms with Gasteiger partial charge < -0.3 is 200 Å². The van der Waals surface area contributed by atoms with Crippen LogP contribution < -0.4 is 10.6 Å². The van der Waals surface area contributed by atoms with Crippen LogP contribution in [-0.4, -0.2) is 426 Å². The predicted octanol–water partition coefficient (Wildman–Crippen LogP) is -17.5. The van der Waals surface area contributed by atoms with Gasteiger partial charge in [-0.05, 0) is 6.92 Å². The zero-order chi connectivity index (χ0) is 69.6. The molecule has 7 saturated heterocycles. The minimum atomic E-state index is -2.34. The molecule has 0 unspecified atom stereocenters. The van der Waals surface area contributed by atoms with Crippen LogP contribution in [0.1, 0.15) is 20.8 Å². The fourth-order valence-electron chi connectivity index (χ4n) is 11.7. The largest absolute Gasteiger partial charge is 0.394 e. The highest BCUT2D eigenvalue weighted by Gasteiger charge is 2.58. The molecule has 0 spiro atoms. The Kier molecular flexibility index (Phi) is 29.0. The summed E-state index contributed by atoms with van der Waals surface area (Å²) < 4.78 is 79.5. The predicted molar refractivity (Wildman–Crippen MR) is 288 cm³/mol. The van der Waals surface area contributed by atoms with E-state index in [9.17, 15) is 132 Å². The first-order valence-corrected chi connectivity index (χ1v) is 29.9. The lowest BCUT2D eigenvalue weighted by atomic mass is 9.94. The molecule has 7 fully saturated rings. The lowest BCUT2D eigenvalue weighted by Gasteiger charge is -2.50. The average Bonchev–Trinajstić information content (AvgIpc) is 0.787. The number of hydrogen-bond donors (Lipinski definition) is 26. The van der Waals surface area contributed by atoms with E-state index in [0.29, 0.717) is 0 Å². The van der Waals surface area contributed by atoms with Crippen molar-refractivity contribution >= 4 is 11.8 Å². The number of aliphatic hydroxyl groups excluding tert-OH is 24. The molecular weight excluding hydrogens is 1290 g/mol. The van der Waals surface area contributed by atoms with Gasteiger partial charge in [0.1, 0.15) is 183 Å². The van der Waals surface area contributed by atoms with Crippen LogP contribution >= 0.6 is 0 Å². The van der Waals surface area contributed by atoms with Crippen molar-refractivity contribution < 1.29 is 198 Å². The minimum absolute atomic E-state index is 0.852. The lowest BCUT2D eigenvalue weighted by molar-refractivity contribution is -0.398. The maximum absolute atomic E-state index is 12.6. The Labute approximate surface area is 532 Å². The molecule has 0 radical (unpaired) electrons. The first-order chi connectivity index (χ1) is 44.4. The summed E-state index contributed by atoms with van der Waals surface area (Å²) in [6, 6.07) is -3.50. The van der Waals surface area contributed by atoms with Crippen LogP contribution in [0.5, 0.6) is 0 Å². The third-order valence-corrected chi connectivity index (χ3v) is 17.1. The van der Waals surface area contributed by atoms with Crippen LogP contribution in [0, 0.1) is 0 Å². The topological polar surface area (TPSA) is 673 Å². The molecule has 94 heavy (non-hydrogen) atoms. The van der Waals surface area contributed by atoms with Crippen LogP contribution in [-0.2, 0) is 75.9 Å². The number of carbonyl (C=O) groups excluding carboxylic acids is 2. The SMILES string of the molecule is CC(=O)N[C@H]1[C@H](OC[C@@H](O)[C@H](O)[C@H](O[C@@H]2O[C@H](CO)[C@H](O[C@H]3O[C@H](CO)[C@H](O)[C@H](O)[C@H]3O)[C@H](O)[C@H]2O)[C@H](CO)NC(C)=O)O[C@H](CO)[C@@H](O[C@@H]2O[C@H](CO)[C@H](O[C@H]3O[C@H](CO)[C@H](O)[C@H](O[C@H]4O[C@H](CO)[C@H](O)[C@H](O)[C@H]4O[C@H]4O[C@H](C)[C@H](O)[C@H](O)[C@H]4O)[C@H]3O)[C@H](O)[C@H]2O)[C@@H]1O. The maximum atomic E-state index is 12.6. The number of ether oxygens (including phenoxy) is 14. The molecule has 2 amide bonds. The monoisotopic (exact) mass is 1380 g/mol. The molecule has 39 atom stereocenters. The van der Waals surface area contributed by atoms with Crippen molar-refractivity contribution in [3.63, 3.8) is 0 Å². The maximum Gasteiger partial charge on any atom is 0.217 e. The molecule has 0 saturated carbocycles. The van der Waals surface area contributed by atoms with Crippen molar-refractivity contribution in [3.8, 4) is 0 Å². The summed E-state index contributed by atoms with van der Waals surface area (Å²) in [5.74, 6) is -1.74. The molecule has 42 heteroatoms. The highest BCUT2D eigenvalue weighted by atomic mass is 16.8. The first-order valence-electron chi connectivity index (χ1n) is 29.9. The second-order valence-corrected chi connectivity index (χ2v) is 23.6. The summed E-state index contributed by atoms with van der Waals surface area (Å²) in [7, 11) is 0. The Bertz CT molecular complexity index is 2310. The summed E-state index contributed by atoms with van der Waals surface area (Å²) in [5.41, 5.74) is 0. The third kappa shape index (κ3) is 17.4. The Morgan fingerprint density at radius 1 is 0.383 bits per heavy atom. The highest BCUT2D eigenvalue weighted by Crippen LogP contribution is 2.38. The van der Waals surface area contributed by atoms with E-state index >= 15 is 0 Å². The van der Waals surface area contributed by atoms with Crippen molar-refractivity contribution in [2.24, 2.45) is 0 Å². The van der Waals surface area contributed by atoms with Gasteiger partial charge in [0.25, 0.3) is 0 Å². The second kappa shape index (κ2) is 34.7. The summed E-state index contributed by atoms with van der Waals surface area (Å²) in [4.78, 5) is 24.9. The fraction of sp³-hybridized carbons (Fsp3) is 0.962. The van der Waals surface area contributed by atoms with Crippen molar-refractivity contribution in [2.45, 2.75) is 260 Å². The van der Waals surface area contributed by atoms with Gasteiger partial charge in [-0.2, -0.15) is 0 Å². The van der Waals surface area contributed by atoms with E-state index < -0.39 is 304 Å². The van der Waals surface area contributed by atoms with E-state index in [1.807, 2.05) is 0 Å². The minimum Gasteiger partial charge on any atom is -0.394 e. The zero-order valence-electron chi connectivity index (χ0n) is 50.4. The van der Waals surface area contributed by atoms with Gasteiger partial charge in [-0.25, -0.2) is 0 Å². The molecular formula is C52H90N2O40. The third-order valence-electron chi connectivity index (χ3n) is 17.1. The number of hydrogen-bond acceptors (Lipinski definition) is 40. The summed E-state index contributed by atoms with van der Waals surface area (Å²) >= 11 is 0. The summed E-state index contributed by atoms with van der Waals surface area (Å²) in [5, 5.41) is 264.